The van der Waals surface area contributed by atoms with Gasteiger partial charge in [0.25, 0.3) is 5.91 Å². The van der Waals surface area contributed by atoms with Crippen molar-refractivity contribution in [2.24, 2.45) is 0 Å². The second-order valence-electron chi connectivity index (χ2n) is 6.16. The number of benzene rings is 2. The summed E-state index contributed by atoms with van der Waals surface area (Å²) in [7, 11) is 0. The van der Waals surface area contributed by atoms with Crippen LogP contribution in [-0.2, 0) is 11.2 Å². The zero-order valence-corrected chi connectivity index (χ0v) is 15.7. The smallest absolute Gasteiger partial charge is 0.276 e. The lowest BCUT2D eigenvalue weighted by molar-refractivity contribution is -0.114. The number of hydrogen-bond acceptors (Lipinski definition) is 5. The molecule has 28 heavy (non-hydrogen) atoms. The molecule has 2 amide bonds. The molecule has 0 saturated heterocycles. The van der Waals surface area contributed by atoms with Crippen molar-refractivity contribution in [1.29, 1.82) is 0 Å². The number of hydrogen-bond donors (Lipinski definition) is 3. The summed E-state index contributed by atoms with van der Waals surface area (Å²) in [6.45, 7) is 3.51. The maximum Gasteiger partial charge on any atom is 0.276 e. The molecule has 3 rings (SSSR count). The molecular formula is C21H21N5O2. The molecule has 1 heterocycles. The van der Waals surface area contributed by atoms with Crippen molar-refractivity contribution in [3.05, 3.63) is 71.9 Å². The Bertz CT molecular complexity index is 986. The molecule has 0 atom stereocenters. The van der Waals surface area contributed by atoms with Crippen LogP contribution in [0.25, 0.3) is 0 Å². The Labute approximate surface area is 163 Å². The van der Waals surface area contributed by atoms with Crippen molar-refractivity contribution in [3.8, 4) is 0 Å². The zero-order valence-electron chi connectivity index (χ0n) is 15.7. The third-order valence-corrected chi connectivity index (χ3v) is 4.00. The molecule has 0 aliphatic carbocycles. The Hall–Kier alpha value is -3.74. The van der Waals surface area contributed by atoms with Crippen LogP contribution < -0.4 is 16.0 Å². The molecule has 0 saturated carbocycles. The highest BCUT2D eigenvalue weighted by Gasteiger charge is 2.10. The van der Waals surface area contributed by atoms with Gasteiger partial charge >= 0.3 is 0 Å². The first-order valence-electron chi connectivity index (χ1n) is 8.93. The number of aryl methyl sites for hydroxylation is 1. The number of amides is 2. The minimum absolute atomic E-state index is 0.179. The minimum atomic E-state index is -0.381. The van der Waals surface area contributed by atoms with E-state index in [2.05, 4.69) is 33.1 Å². The quantitative estimate of drug-likeness (QED) is 0.605. The van der Waals surface area contributed by atoms with Crippen LogP contribution in [0.5, 0.6) is 0 Å². The average Bonchev–Trinajstić information content (AvgIpc) is 2.68. The first-order chi connectivity index (χ1) is 13.5. The van der Waals surface area contributed by atoms with E-state index in [4.69, 9.17) is 0 Å². The van der Waals surface area contributed by atoms with E-state index in [-0.39, 0.29) is 17.5 Å². The fourth-order valence-electron chi connectivity index (χ4n) is 2.68. The number of nitrogens with one attached hydrogen (secondary N) is 3. The molecule has 3 N–H and O–H groups in total. The summed E-state index contributed by atoms with van der Waals surface area (Å²) >= 11 is 0. The van der Waals surface area contributed by atoms with Gasteiger partial charge < -0.3 is 16.0 Å². The van der Waals surface area contributed by atoms with Crippen LogP contribution in [0.15, 0.2) is 60.7 Å². The SMILES string of the molecule is CCc1ccccc1Nc1ccc(C(=O)Nc2cccc(NC(C)=O)c2)nn1. The molecule has 1 aromatic heterocycles. The summed E-state index contributed by atoms with van der Waals surface area (Å²) in [5.74, 6) is 0.000155. The first kappa shape index (κ1) is 19.0. The van der Waals surface area contributed by atoms with Gasteiger partial charge in [0.05, 0.1) is 0 Å². The number of anilines is 4. The Morgan fingerprint density at radius 1 is 0.893 bits per heavy atom. The fourth-order valence-corrected chi connectivity index (χ4v) is 2.68. The van der Waals surface area contributed by atoms with Gasteiger partial charge in [-0.3, -0.25) is 9.59 Å². The molecule has 7 nitrogen and oxygen atoms in total. The summed E-state index contributed by atoms with van der Waals surface area (Å²) in [6, 6.07) is 18.2. The van der Waals surface area contributed by atoms with Gasteiger partial charge in [-0.15, -0.1) is 10.2 Å². The highest BCUT2D eigenvalue weighted by molar-refractivity contribution is 6.03. The molecule has 0 spiro atoms. The van der Waals surface area contributed by atoms with Gasteiger partial charge in [0.1, 0.15) is 0 Å². The predicted octanol–water partition coefficient (Wildman–Crippen LogP) is 3.99. The number of carbonyl (C=O) groups excluding carboxylic acids is 2. The van der Waals surface area contributed by atoms with Gasteiger partial charge in [0, 0.05) is 24.0 Å². The van der Waals surface area contributed by atoms with E-state index in [0.29, 0.717) is 17.2 Å². The van der Waals surface area contributed by atoms with Crippen LogP contribution in [0.3, 0.4) is 0 Å². The number of carbonyl (C=O) groups is 2. The van der Waals surface area contributed by atoms with E-state index in [1.807, 2.05) is 24.3 Å². The van der Waals surface area contributed by atoms with Gasteiger partial charge in [0.2, 0.25) is 5.91 Å². The molecule has 0 radical (unpaired) electrons. The maximum atomic E-state index is 12.4. The van der Waals surface area contributed by atoms with Crippen molar-refractivity contribution in [3.63, 3.8) is 0 Å². The van der Waals surface area contributed by atoms with Crippen molar-refractivity contribution in [1.82, 2.24) is 10.2 Å². The molecule has 3 aromatic rings. The molecule has 2 aromatic carbocycles. The Morgan fingerprint density at radius 3 is 2.32 bits per heavy atom. The van der Waals surface area contributed by atoms with E-state index >= 15 is 0 Å². The summed E-state index contributed by atoms with van der Waals surface area (Å²) in [4.78, 5) is 23.5. The van der Waals surface area contributed by atoms with Crippen LogP contribution in [0.1, 0.15) is 29.9 Å². The second kappa shape index (κ2) is 8.77. The van der Waals surface area contributed by atoms with Crippen LogP contribution in [0.4, 0.5) is 22.9 Å². The van der Waals surface area contributed by atoms with Gasteiger partial charge in [-0.1, -0.05) is 31.2 Å². The fraction of sp³-hybridized carbons (Fsp3) is 0.143. The van der Waals surface area contributed by atoms with Crippen LogP contribution in [0.2, 0.25) is 0 Å². The number of nitrogens with zero attached hydrogens (tertiary/aromatic N) is 2. The predicted molar refractivity (Wildman–Crippen MR) is 110 cm³/mol. The summed E-state index contributed by atoms with van der Waals surface area (Å²) < 4.78 is 0. The Kier molecular flexibility index (Phi) is 5.96. The van der Waals surface area contributed by atoms with Crippen molar-refractivity contribution < 1.29 is 9.59 Å². The molecular weight excluding hydrogens is 354 g/mol. The lowest BCUT2D eigenvalue weighted by Gasteiger charge is -2.10. The van der Waals surface area contributed by atoms with E-state index in [1.54, 1.807) is 36.4 Å². The van der Waals surface area contributed by atoms with Crippen LogP contribution in [0, 0.1) is 0 Å². The van der Waals surface area contributed by atoms with Crippen LogP contribution in [-0.4, -0.2) is 22.0 Å². The summed E-state index contributed by atoms with van der Waals surface area (Å²) in [5, 5.41) is 16.7. The van der Waals surface area contributed by atoms with Crippen LogP contribution >= 0.6 is 0 Å². The van der Waals surface area contributed by atoms with Gasteiger partial charge in [0.15, 0.2) is 11.5 Å². The van der Waals surface area contributed by atoms with E-state index in [1.165, 1.54) is 12.5 Å². The molecule has 0 unspecified atom stereocenters. The number of aromatic nitrogens is 2. The standard InChI is InChI=1S/C21H21N5O2/c1-3-15-7-4-5-10-18(15)24-20-12-11-19(25-26-20)21(28)23-17-9-6-8-16(13-17)22-14(2)27/h4-13H,3H2,1-2H3,(H,22,27)(H,23,28)(H,24,26). The lowest BCUT2D eigenvalue weighted by atomic mass is 10.1. The van der Waals surface area contributed by atoms with E-state index < -0.39 is 0 Å². The van der Waals surface area contributed by atoms with E-state index in [0.717, 1.165) is 12.1 Å². The third-order valence-electron chi connectivity index (χ3n) is 4.00. The highest BCUT2D eigenvalue weighted by atomic mass is 16.2. The minimum Gasteiger partial charge on any atom is -0.339 e. The van der Waals surface area contributed by atoms with Gasteiger partial charge in [-0.25, -0.2) is 0 Å². The number of rotatable bonds is 6. The number of para-hydroxylation sites is 1. The lowest BCUT2D eigenvalue weighted by Crippen LogP contribution is -2.15. The largest absolute Gasteiger partial charge is 0.339 e. The normalized spacial score (nSPS) is 10.2. The second-order valence-corrected chi connectivity index (χ2v) is 6.16. The molecule has 0 bridgehead atoms. The zero-order chi connectivity index (χ0) is 19.9. The van der Waals surface area contributed by atoms with Gasteiger partial charge in [-0.05, 0) is 48.4 Å². The Balaban J connectivity index is 1.68. The molecule has 7 heteroatoms. The molecule has 0 aliphatic rings. The molecule has 0 fully saturated rings. The topological polar surface area (TPSA) is 96.0 Å². The summed E-state index contributed by atoms with van der Waals surface area (Å²) in [6.07, 6.45) is 0.897. The average molecular weight is 375 g/mol. The first-order valence-corrected chi connectivity index (χ1v) is 8.93. The monoisotopic (exact) mass is 375 g/mol. The maximum absolute atomic E-state index is 12.4. The van der Waals surface area contributed by atoms with Gasteiger partial charge in [-0.2, -0.15) is 0 Å². The molecule has 142 valence electrons. The highest BCUT2D eigenvalue weighted by Crippen LogP contribution is 2.20. The third kappa shape index (κ3) is 4.91. The van der Waals surface area contributed by atoms with Crippen molar-refractivity contribution >= 4 is 34.7 Å². The Morgan fingerprint density at radius 2 is 1.64 bits per heavy atom. The van der Waals surface area contributed by atoms with Crippen molar-refractivity contribution in [2.45, 2.75) is 20.3 Å². The van der Waals surface area contributed by atoms with E-state index in [9.17, 15) is 9.59 Å². The van der Waals surface area contributed by atoms with Crippen molar-refractivity contribution in [2.75, 3.05) is 16.0 Å². The summed E-state index contributed by atoms with van der Waals surface area (Å²) in [5.41, 5.74) is 3.48. The molecule has 0 aliphatic heterocycles.